The van der Waals surface area contributed by atoms with Gasteiger partial charge < -0.3 is 10.7 Å². The second kappa shape index (κ2) is 5.01. The molecular weight excluding hydrogens is 226 g/mol. The van der Waals surface area contributed by atoms with Gasteiger partial charge >= 0.3 is 0 Å². The normalized spacial score (nSPS) is 10.2. The highest BCUT2D eigenvalue weighted by Gasteiger charge is 2.02. The Labute approximate surface area is 106 Å². The van der Waals surface area contributed by atoms with Crippen LogP contribution in [0.5, 0.6) is 0 Å². The number of rotatable bonds is 3. The Hall–Kier alpha value is -2.14. The van der Waals surface area contributed by atoms with Gasteiger partial charge in [0.05, 0.1) is 0 Å². The number of aryl methyl sites for hydroxylation is 3. The van der Waals surface area contributed by atoms with Crippen LogP contribution >= 0.6 is 0 Å². The third-order valence-corrected chi connectivity index (χ3v) is 2.48. The summed E-state index contributed by atoms with van der Waals surface area (Å²) in [5.74, 6) is 6.49. The Kier molecular flexibility index (Phi) is 3.43. The first-order valence-electron chi connectivity index (χ1n) is 5.74. The average molecular weight is 243 g/mol. The van der Waals surface area contributed by atoms with Crippen molar-refractivity contribution in [1.82, 2.24) is 9.97 Å². The van der Waals surface area contributed by atoms with Crippen molar-refractivity contribution >= 4 is 17.5 Å². The summed E-state index contributed by atoms with van der Waals surface area (Å²) in [7, 11) is 0. The molecule has 94 valence electrons. The standard InChI is InChI=1S/C13H17N5/c1-8-4-9(2)6-11(5-8)16-13-15-10(3)7-12(17-13)18-14/h4-7H,14H2,1-3H3,(H2,15,16,17,18). The van der Waals surface area contributed by atoms with Gasteiger partial charge in [0.15, 0.2) is 0 Å². The molecule has 0 atom stereocenters. The SMILES string of the molecule is Cc1cc(C)cc(Nc2nc(C)cc(NN)n2)c1. The van der Waals surface area contributed by atoms with Crippen LogP contribution in [0.1, 0.15) is 16.8 Å². The first kappa shape index (κ1) is 12.3. The number of benzene rings is 1. The monoisotopic (exact) mass is 243 g/mol. The molecule has 1 aromatic heterocycles. The van der Waals surface area contributed by atoms with Gasteiger partial charge in [-0.15, -0.1) is 0 Å². The molecule has 1 heterocycles. The second-order valence-electron chi connectivity index (χ2n) is 4.36. The summed E-state index contributed by atoms with van der Waals surface area (Å²) >= 11 is 0. The zero-order valence-electron chi connectivity index (χ0n) is 10.8. The average Bonchev–Trinajstić information content (AvgIpc) is 2.26. The molecule has 4 N–H and O–H groups in total. The van der Waals surface area contributed by atoms with Crippen LogP contribution in [0.25, 0.3) is 0 Å². The van der Waals surface area contributed by atoms with Gasteiger partial charge in [-0.25, -0.2) is 10.8 Å². The van der Waals surface area contributed by atoms with Crippen molar-refractivity contribution in [3.63, 3.8) is 0 Å². The van der Waals surface area contributed by atoms with Crippen molar-refractivity contribution in [3.05, 3.63) is 41.1 Å². The third-order valence-electron chi connectivity index (χ3n) is 2.48. The molecule has 18 heavy (non-hydrogen) atoms. The van der Waals surface area contributed by atoms with Crippen LogP contribution in [0.4, 0.5) is 17.5 Å². The number of nitrogens with zero attached hydrogens (tertiary/aromatic N) is 2. The number of nitrogens with one attached hydrogen (secondary N) is 2. The van der Waals surface area contributed by atoms with Crippen molar-refractivity contribution in [3.8, 4) is 0 Å². The van der Waals surface area contributed by atoms with E-state index in [0.29, 0.717) is 11.8 Å². The molecule has 0 saturated heterocycles. The lowest BCUT2D eigenvalue weighted by Crippen LogP contribution is -2.10. The fourth-order valence-corrected chi connectivity index (χ4v) is 1.87. The van der Waals surface area contributed by atoms with Gasteiger partial charge in [-0.2, -0.15) is 4.98 Å². The molecule has 0 unspecified atom stereocenters. The molecule has 0 amide bonds. The van der Waals surface area contributed by atoms with E-state index in [1.54, 1.807) is 6.07 Å². The zero-order valence-corrected chi connectivity index (χ0v) is 10.8. The minimum atomic E-state index is 0.535. The zero-order chi connectivity index (χ0) is 13.1. The maximum atomic E-state index is 5.36. The van der Waals surface area contributed by atoms with E-state index in [4.69, 9.17) is 5.84 Å². The highest BCUT2D eigenvalue weighted by atomic mass is 15.3. The Morgan fingerprint density at radius 2 is 1.61 bits per heavy atom. The Morgan fingerprint density at radius 3 is 2.22 bits per heavy atom. The molecule has 0 fully saturated rings. The molecule has 5 nitrogen and oxygen atoms in total. The maximum absolute atomic E-state index is 5.36. The van der Waals surface area contributed by atoms with E-state index < -0.39 is 0 Å². The smallest absolute Gasteiger partial charge is 0.229 e. The molecule has 0 spiro atoms. The molecule has 5 heteroatoms. The Balaban J connectivity index is 2.30. The second-order valence-corrected chi connectivity index (χ2v) is 4.36. The first-order valence-corrected chi connectivity index (χ1v) is 5.74. The predicted octanol–water partition coefficient (Wildman–Crippen LogP) is 2.43. The molecule has 0 radical (unpaired) electrons. The highest BCUT2D eigenvalue weighted by molar-refractivity contribution is 5.57. The fourth-order valence-electron chi connectivity index (χ4n) is 1.87. The molecule has 2 aromatic rings. The largest absolute Gasteiger partial charge is 0.324 e. The molecule has 0 aliphatic rings. The van der Waals surface area contributed by atoms with E-state index in [0.717, 1.165) is 11.4 Å². The summed E-state index contributed by atoms with van der Waals surface area (Å²) in [6.07, 6.45) is 0. The Bertz CT molecular complexity index is 545. The number of aromatic nitrogens is 2. The van der Waals surface area contributed by atoms with E-state index >= 15 is 0 Å². The van der Waals surface area contributed by atoms with Crippen molar-refractivity contribution in [2.75, 3.05) is 10.7 Å². The minimum absolute atomic E-state index is 0.535. The summed E-state index contributed by atoms with van der Waals surface area (Å²) < 4.78 is 0. The highest BCUT2D eigenvalue weighted by Crippen LogP contribution is 2.18. The molecule has 0 bridgehead atoms. The van der Waals surface area contributed by atoms with Gasteiger partial charge in [0.1, 0.15) is 5.82 Å². The molecule has 1 aromatic carbocycles. The molecule has 2 rings (SSSR count). The van der Waals surface area contributed by atoms with Gasteiger partial charge in [0.2, 0.25) is 5.95 Å². The predicted molar refractivity (Wildman–Crippen MR) is 73.8 cm³/mol. The van der Waals surface area contributed by atoms with E-state index in [1.807, 2.05) is 19.1 Å². The number of hydrogen-bond acceptors (Lipinski definition) is 5. The van der Waals surface area contributed by atoms with Gasteiger partial charge in [-0.05, 0) is 44.0 Å². The summed E-state index contributed by atoms with van der Waals surface area (Å²) in [6, 6.07) is 8.00. The molecule has 0 aliphatic heterocycles. The van der Waals surface area contributed by atoms with E-state index in [-0.39, 0.29) is 0 Å². The Morgan fingerprint density at radius 1 is 0.944 bits per heavy atom. The number of anilines is 3. The summed E-state index contributed by atoms with van der Waals surface area (Å²) in [5, 5.41) is 3.18. The number of nitrogens with two attached hydrogens (primary N) is 1. The van der Waals surface area contributed by atoms with Gasteiger partial charge in [0, 0.05) is 17.4 Å². The topological polar surface area (TPSA) is 75.9 Å². The first-order chi connectivity index (χ1) is 8.56. The molecule has 0 saturated carbocycles. The lowest BCUT2D eigenvalue weighted by Gasteiger charge is -2.09. The number of nitrogen functional groups attached to an aromatic ring is 1. The van der Waals surface area contributed by atoms with Gasteiger partial charge in [-0.1, -0.05) is 6.07 Å². The van der Waals surface area contributed by atoms with Gasteiger partial charge in [0.25, 0.3) is 0 Å². The van der Waals surface area contributed by atoms with Crippen LogP contribution in [0.2, 0.25) is 0 Å². The van der Waals surface area contributed by atoms with Crippen LogP contribution in [-0.4, -0.2) is 9.97 Å². The quantitative estimate of drug-likeness (QED) is 0.570. The lowest BCUT2D eigenvalue weighted by atomic mass is 10.1. The van der Waals surface area contributed by atoms with Crippen LogP contribution in [-0.2, 0) is 0 Å². The van der Waals surface area contributed by atoms with Crippen LogP contribution in [0.15, 0.2) is 24.3 Å². The van der Waals surface area contributed by atoms with Crippen molar-refractivity contribution in [2.45, 2.75) is 20.8 Å². The van der Waals surface area contributed by atoms with E-state index in [9.17, 15) is 0 Å². The summed E-state index contributed by atoms with van der Waals surface area (Å²) in [5.41, 5.74) is 6.74. The van der Waals surface area contributed by atoms with E-state index in [2.05, 4.69) is 40.6 Å². The van der Waals surface area contributed by atoms with E-state index in [1.165, 1.54) is 11.1 Å². The van der Waals surface area contributed by atoms with Gasteiger partial charge in [-0.3, -0.25) is 0 Å². The fraction of sp³-hybridized carbons (Fsp3) is 0.231. The van der Waals surface area contributed by atoms with Crippen molar-refractivity contribution in [1.29, 1.82) is 0 Å². The molecular formula is C13H17N5. The van der Waals surface area contributed by atoms with Crippen LogP contribution < -0.4 is 16.6 Å². The lowest BCUT2D eigenvalue weighted by molar-refractivity contribution is 1.09. The third kappa shape index (κ3) is 2.95. The maximum Gasteiger partial charge on any atom is 0.229 e. The van der Waals surface area contributed by atoms with Crippen molar-refractivity contribution < 1.29 is 0 Å². The van der Waals surface area contributed by atoms with Crippen molar-refractivity contribution in [2.24, 2.45) is 5.84 Å². The minimum Gasteiger partial charge on any atom is -0.324 e. The number of hydrogen-bond donors (Lipinski definition) is 3. The summed E-state index contributed by atoms with van der Waals surface area (Å²) in [6.45, 7) is 6.01. The summed E-state index contributed by atoms with van der Waals surface area (Å²) in [4.78, 5) is 8.57. The molecule has 0 aliphatic carbocycles. The van der Waals surface area contributed by atoms with Crippen LogP contribution in [0, 0.1) is 20.8 Å². The van der Waals surface area contributed by atoms with Crippen LogP contribution in [0.3, 0.4) is 0 Å². The number of hydrazine groups is 1.